The Bertz CT molecular complexity index is 762. The minimum atomic E-state index is 0.754. The van der Waals surface area contributed by atoms with E-state index in [1.807, 2.05) is 34.9 Å². The molecular formula is C16H16N2O2. The van der Waals surface area contributed by atoms with Crippen LogP contribution in [0.2, 0.25) is 0 Å². The van der Waals surface area contributed by atoms with Crippen LogP contribution in [0.4, 0.5) is 0 Å². The maximum Gasteiger partial charge on any atom is 0.137 e. The van der Waals surface area contributed by atoms with E-state index in [9.17, 15) is 0 Å². The zero-order valence-corrected chi connectivity index (χ0v) is 11.8. The van der Waals surface area contributed by atoms with Crippen LogP contribution in [0, 0.1) is 6.92 Å². The number of aromatic nitrogens is 2. The van der Waals surface area contributed by atoms with Crippen molar-refractivity contribution in [2.24, 2.45) is 0 Å². The summed E-state index contributed by atoms with van der Waals surface area (Å²) in [7, 11) is 3.29. The lowest BCUT2D eigenvalue weighted by Gasteiger charge is -2.08. The molecule has 3 rings (SSSR count). The molecule has 4 heteroatoms. The van der Waals surface area contributed by atoms with Crippen molar-refractivity contribution in [3.05, 3.63) is 48.3 Å². The summed E-state index contributed by atoms with van der Waals surface area (Å²) in [6.45, 7) is 2.06. The van der Waals surface area contributed by atoms with Crippen molar-refractivity contribution in [3.63, 3.8) is 0 Å². The van der Waals surface area contributed by atoms with E-state index in [1.165, 1.54) is 5.56 Å². The second-order valence-corrected chi connectivity index (χ2v) is 4.66. The Morgan fingerprint density at radius 3 is 2.60 bits per heavy atom. The number of benzene rings is 1. The molecule has 1 aromatic carbocycles. The largest absolute Gasteiger partial charge is 0.497 e. The summed E-state index contributed by atoms with van der Waals surface area (Å²) in [5, 5.41) is 0. The Morgan fingerprint density at radius 2 is 1.85 bits per heavy atom. The normalized spacial score (nSPS) is 10.8. The van der Waals surface area contributed by atoms with Gasteiger partial charge >= 0.3 is 0 Å². The lowest BCUT2D eigenvalue weighted by Crippen LogP contribution is -1.90. The van der Waals surface area contributed by atoms with Gasteiger partial charge in [0.25, 0.3) is 0 Å². The average molecular weight is 268 g/mol. The molecule has 0 aliphatic heterocycles. The number of imidazole rings is 1. The number of aryl methyl sites for hydroxylation is 1. The fourth-order valence-electron chi connectivity index (χ4n) is 2.24. The molecule has 20 heavy (non-hydrogen) atoms. The molecule has 102 valence electrons. The Hall–Kier alpha value is -2.49. The van der Waals surface area contributed by atoms with E-state index < -0.39 is 0 Å². The molecule has 0 N–H and O–H groups in total. The molecule has 3 aromatic rings. The Kier molecular flexibility index (Phi) is 3.06. The molecule has 0 radical (unpaired) electrons. The van der Waals surface area contributed by atoms with Crippen LogP contribution < -0.4 is 9.47 Å². The minimum Gasteiger partial charge on any atom is -0.497 e. The van der Waals surface area contributed by atoms with E-state index in [2.05, 4.69) is 24.2 Å². The molecule has 0 bridgehead atoms. The van der Waals surface area contributed by atoms with E-state index >= 15 is 0 Å². The van der Waals surface area contributed by atoms with Gasteiger partial charge < -0.3 is 13.9 Å². The van der Waals surface area contributed by atoms with Crippen molar-refractivity contribution in [2.45, 2.75) is 6.92 Å². The topological polar surface area (TPSA) is 35.8 Å². The third-order valence-electron chi connectivity index (χ3n) is 3.28. The smallest absolute Gasteiger partial charge is 0.137 e. The van der Waals surface area contributed by atoms with Gasteiger partial charge in [0.15, 0.2) is 0 Å². The van der Waals surface area contributed by atoms with Crippen molar-refractivity contribution in [1.82, 2.24) is 9.38 Å². The van der Waals surface area contributed by atoms with Gasteiger partial charge in [-0.05, 0) is 30.7 Å². The van der Waals surface area contributed by atoms with Gasteiger partial charge in [0.2, 0.25) is 0 Å². The van der Waals surface area contributed by atoms with Gasteiger partial charge in [-0.2, -0.15) is 0 Å². The summed E-state index contributed by atoms with van der Waals surface area (Å²) < 4.78 is 12.7. The molecule has 0 spiro atoms. The van der Waals surface area contributed by atoms with Gasteiger partial charge in [-0.25, -0.2) is 4.98 Å². The molecule has 0 saturated heterocycles. The van der Waals surface area contributed by atoms with Gasteiger partial charge in [-0.1, -0.05) is 6.07 Å². The molecule has 0 fully saturated rings. The molecule has 0 saturated carbocycles. The Morgan fingerprint density at radius 1 is 1.00 bits per heavy atom. The molecule has 0 unspecified atom stereocenters. The monoisotopic (exact) mass is 268 g/mol. The van der Waals surface area contributed by atoms with Crippen molar-refractivity contribution in [2.75, 3.05) is 14.2 Å². The summed E-state index contributed by atoms with van der Waals surface area (Å²) in [4.78, 5) is 4.63. The van der Waals surface area contributed by atoms with Gasteiger partial charge in [0, 0.05) is 24.0 Å². The first-order valence-corrected chi connectivity index (χ1v) is 6.39. The van der Waals surface area contributed by atoms with Crippen molar-refractivity contribution in [3.8, 4) is 22.8 Å². The summed E-state index contributed by atoms with van der Waals surface area (Å²) in [6.07, 6.45) is 4.06. The molecule has 4 nitrogen and oxygen atoms in total. The molecule has 0 aliphatic rings. The molecule has 0 amide bonds. The van der Waals surface area contributed by atoms with Gasteiger partial charge in [0.1, 0.15) is 17.1 Å². The number of fused-ring (bicyclic) bond motifs is 1. The molecule has 2 aromatic heterocycles. The van der Waals surface area contributed by atoms with Crippen LogP contribution in [0.25, 0.3) is 16.9 Å². The van der Waals surface area contributed by atoms with Crippen LogP contribution in [0.1, 0.15) is 5.56 Å². The Balaban J connectivity index is 2.14. The van der Waals surface area contributed by atoms with Crippen LogP contribution in [0.15, 0.2) is 42.7 Å². The van der Waals surface area contributed by atoms with Gasteiger partial charge in [0.05, 0.1) is 19.9 Å². The van der Waals surface area contributed by atoms with Crippen LogP contribution in [0.5, 0.6) is 11.5 Å². The highest BCUT2D eigenvalue weighted by molar-refractivity contribution is 5.70. The average Bonchev–Trinajstić information content (AvgIpc) is 2.89. The van der Waals surface area contributed by atoms with E-state index in [4.69, 9.17) is 9.47 Å². The number of hydrogen-bond donors (Lipinski definition) is 0. The number of nitrogens with zero attached hydrogens (tertiary/aromatic N) is 2. The highest BCUT2D eigenvalue weighted by Gasteiger charge is 2.11. The predicted molar refractivity (Wildman–Crippen MR) is 78.5 cm³/mol. The van der Waals surface area contributed by atoms with Gasteiger partial charge in [-0.3, -0.25) is 0 Å². The third-order valence-corrected chi connectivity index (χ3v) is 3.28. The zero-order valence-electron chi connectivity index (χ0n) is 11.8. The first-order chi connectivity index (χ1) is 9.71. The standard InChI is InChI=1S/C16H16N2O2/c1-11-4-7-16-17-14(10-18(16)9-11)13-6-5-12(19-2)8-15(13)20-3/h4-10H,1-3H3. The predicted octanol–water partition coefficient (Wildman–Crippen LogP) is 3.33. The summed E-state index contributed by atoms with van der Waals surface area (Å²) in [5.74, 6) is 1.52. The lowest BCUT2D eigenvalue weighted by atomic mass is 10.1. The summed E-state index contributed by atoms with van der Waals surface area (Å²) in [5.41, 5.74) is 3.95. The van der Waals surface area contributed by atoms with Crippen molar-refractivity contribution >= 4 is 5.65 Å². The number of hydrogen-bond acceptors (Lipinski definition) is 3. The zero-order chi connectivity index (χ0) is 14.1. The quantitative estimate of drug-likeness (QED) is 0.731. The van der Waals surface area contributed by atoms with Crippen molar-refractivity contribution < 1.29 is 9.47 Å². The van der Waals surface area contributed by atoms with E-state index in [0.29, 0.717) is 0 Å². The third kappa shape index (κ3) is 2.09. The summed E-state index contributed by atoms with van der Waals surface area (Å²) >= 11 is 0. The highest BCUT2D eigenvalue weighted by atomic mass is 16.5. The SMILES string of the molecule is COc1ccc(-c2cn3cc(C)ccc3n2)c(OC)c1. The summed E-state index contributed by atoms with van der Waals surface area (Å²) in [6, 6.07) is 9.80. The second-order valence-electron chi connectivity index (χ2n) is 4.66. The van der Waals surface area contributed by atoms with E-state index in [1.54, 1.807) is 14.2 Å². The molecular weight excluding hydrogens is 252 g/mol. The molecule has 0 aliphatic carbocycles. The number of ether oxygens (including phenoxy) is 2. The number of rotatable bonds is 3. The second kappa shape index (κ2) is 4.89. The van der Waals surface area contributed by atoms with Crippen LogP contribution in [-0.4, -0.2) is 23.6 Å². The molecule has 2 heterocycles. The minimum absolute atomic E-state index is 0.754. The number of pyridine rings is 1. The fraction of sp³-hybridized carbons (Fsp3) is 0.188. The number of methoxy groups -OCH3 is 2. The van der Waals surface area contributed by atoms with E-state index in [0.717, 1.165) is 28.4 Å². The Labute approximate surface area is 117 Å². The van der Waals surface area contributed by atoms with Crippen LogP contribution in [0.3, 0.4) is 0 Å². The van der Waals surface area contributed by atoms with Crippen molar-refractivity contribution in [1.29, 1.82) is 0 Å². The highest BCUT2D eigenvalue weighted by Crippen LogP contribution is 2.32. The maximum atomic E-state index is 5.43. The fourth-order valence-corrected chi connectivity index (χ4v) is 2.24. The lowest BCUT2D eigenvalue weighted by molar-refractivity contribution is 0.395. The van der Waals surface area contributed by atoms with Gasteiger partial charge in [-0.15, -0.1) is 0 Å². The first-order valence-electron chi connectivity index (χ1n) is 6.39. The van der Waals surface area contributed by atoms with E-state index in [-0.39, 0.29) is 0 Å². The maximum absolute atomic E-state index is 5.43. The van der Waals surface area contributed by atoms with Crippen LogP contribution in [-0.2, 0) is 0 Å². The van der Waals surface area contributed by atoms with Crippen LogP contribution >= 0.6 is 0 Å². The molecule has 0 atom stereocenters. The first kappa shape index (κ1) is 12.5.